The summed E-state index contributed by atoms with van der Waals surface area (Å²) in [6, 6.07) is 6.54. The number of hydrogen-bond acceptors (Lipinski definition) is 4. The molecule has 1 aromatic rings. The van der Waals surface area contributed by atoms with E-state index in [1.807, 2.05) is 14.0 Å². The molecule has 106 valence electrons. The van der Waals surface area contributed by atoms with E-state index in [1.165, 1.54) is 17.7 Å². The van der Waals surface area contributed by atoms with Crippen molar-refractivity contribution in [2.24, 2.45) is 0 Å². The van der Waals surface area contributed by atoms with Crippen molar-refractivity contribution in [2.45, 2.75) is 19.9 Å². The molecule has 1 aliphatic heterocycles. The first kappa shape index (κ1) is 14.2. The quantitative estimate of drug-likeness (QED) is 0.846. The standard InChI is InChI=1S/C15H25N3O/c1-3-19-15-11-13(12-16-2)5-6-14(15)18-9-4-7-17-8-10-18/h5-6,11,16-17H,3-4,7-10,12H2,1-2H3. The normalized spacial score (nSPS) is 16.2. The lowest BCUT2D eigenvalue weighted by Crippen LogP contribution is -2.28. The van der Waals surface area contributed by atoms with Gasteiger partial charge >= 0.3 is 0 Å². The fraction of sp³-hybridized carbons (Fsp3) is 0.600. The fourth-order valence-corrected chi connectivity index (χ4v) is 2.49. The van der Waals surface area contributed by atoms with Gasteiger partial charge in [-0.05, 0) is 44.6 Å². The smallest absolute Gasteiger partial charge is 0.142 e. The van der Waals surface area contributed by atoms with Crippen LogP contribution in [0.15, 0.2) is 18.2 Å². The first-order valence-electron chi connectivity index (χ1n) is 7.21. The van der Waals surface area contributed by atoms with Gasteiger partial charge in [0.25, 0.3) is 0 Å². The van der Waals surface area contributed by atoms with Crippen LogP contribution in [0.4, 0.5) is 5.69 Å². The van der Waals surface area contributed by atoms with Gasteiger partial charge in [0.1, 0.15) is 5.75 Å². The highest BCUT2D eigenvalue weighted by Crippen LogP contribution is 2.30. The molecule has 0 spiro atoms. The highest BCUT2D eigenvalue weighted by atomic mass is 16.5. The average Bonchev–Trinajstić information content (AvgIpc) is 2.69. The number of hydrogen-bond donors (Lipinski definition) is 2. The van der Waals surface area contributed by atoms with E-state index in [2.05, 4.69) is 33.7 Å². The Balaban J connectivity index is 2.21. The number of nitrogens with one attached hydrogen (secondary N) is 2. The van der Waals surface area contributed by atoms with E-state index in [0.717, 1.165) is 38.5 Å². The van der Waals surface area contributed by atoms with E-state index in [1.54, 1.807) is 0 Å². The predicted octanol–water partition coefficient (Wildman–Crippen LogP) is 1.60. The largest absolute Gasteiger partial charge is 0.492 e. The summed E-state index contributed by atoms with van der Waals surface area (Å²) in [4.78, 5) is 2.42. The van der Waals surface area contributed by atoms with Gasteiger partial charge in [0.15, 0.2) is 0 Å². The molecule has 1 fully saturated rings. The van der Waals surface area contributed by atoms with Gasteiger partial charge in [-0.3, -0.25) is 0 Å². The van der Waals surface area contributed by atoms with Gasteiger partial charge in [0, 0.05) is 26.2 Å². The van der Waals surface area contributed by atoms with Crippen LogP contribution in [0.1, 0.15) is 18.9 Å². The molecule has 0 unspecified atom stereocenters. The minimum Gasteiger partial charge on any atom is -0.492 e. The summed E-state index contributed by atoms with van der Waals surface area (Å²) < 4.78 is 5.83. The summed E-state index contributed by atoms with van der Waals surface area (Å²) in [5, 5.41) is 6.62. The van der Waals surface area contributed by atoms with Crippen LogP contribution in [0.3, 0.4) is 0 Å². The summed E-state index contributed by atoms with van der Waals surface area (Å²) >= 11 is 0. The third-order valence-corrected chi connectivity index (χ3v) is 3.39. The number of anilines is 1. The van der Waals surface area contributed by atoms with Crippen LogP contribution >= 0.6 is 0 Å². The first-order valence-corrected chi connectivity index (χ1v) is 7.21. The monoisotopic (exact) mass is 263 g/mol. The van der Waals surface area contributed by atoms with E-state index in [4.69, 9.17) is 4.74 Å². The second-order valence-corrected chi connectivity index (χ2v) is 4.86. The molecule has 0 aromatic heterocycles. The summed E-state index contributed by atoms with van der Waals surface area (Å²) in [5.74, 6) is 1.01. The maximum atomic E-state index is 5.83. The Morgan fingerprint density at radius 3 is 3.00 bits per heavy atom. The molecule has 0 amide bonds. The molecular formula is C15H25N3O. The molecule has 0 atom stereocenters. The van der Waals surface area contributed by atoms with Crippen molar-refractivity contribution >= 4 is 5.69 Å². The Labute approximate surface area is 116 Å². The van der Waals surface area contributed by atoms with Crippen molar-refractivity contribution in [2.75, 3.05) is 44.7 Å². The molecule has 2 rings (SSSR count). The van der Waals surface area contributed by atoms with Crippen molar-refractivity contribution in [3.8, 4) is 5.75 Å². The third-order valence-electron chi connectivity index (χ3n) is 3.39. The van der Waals surface area contributed by atoms with Crippen molar-refractivity contribution in [1.29, 1.82) is 0 Å². The number of ether oxygens (including phenoxy) is 1. The van der Waals surface area contributed by atoms with Crippen LogP contribution in [0.5, 0.6) is 5.75 Å². The molecule has 0 radical (unpaired) electrons. The van der Waals surface area contributed by atoms with Crippen molar-refractivity contribution in [1.82, 2.24) is 10.6 Å². The van der Waals surface area contributed by atoms with Crippen LogP contribution in [-0.2, 0) is 6.54 Å². The predicted molar refractivity (Wildman–Crippen MR) is 80.1 cm³/mol. The van der Waals surface area contributed by atoms with Crippen LogP contribution in [0, 0.1) is 0 Å². The molecule has 4 nitrogen and oxygen atoms in total. The Kier molecular flexibility index (Phi) is 5.48. The van der Waals surface area contributed by atoms with Gasteiger partial charge in [0.2, 0.25) is 0 Å². The zero-order chi connectivity index (χ0) is 13.5. The highest BCUT2D eigenvalue weighted by molar-refractivity contribution is 5.60. The topological polar surface area (TPSA) is 36.5 Å². The maximum Gasteiger partial charge on any atom is 0.142 e. The van der Waals surface area contributed by atoms with E-state index >= 15 is 0 Å². The molecule has 1 saturated heterocycles. The molecule has 1 aromatic carbocycles. The minimum atomic E-state index is 0.710. The van der Waals surface area contributed by atoms with Crippen molar-refractivity contribution < 1.29 is 4.74 Å². The molecule has 1 heterocycles. The zero-order valence-electron chi connectivity index (χ0n) is 12.0. The van der Waals surface area contributed by atoms with Gasteiger partial charge in [-0.15, -0.1) is 0 Å². The van der Waals surface area contributed by atoms with E-state index in [9.17, 15) is 0 Å². The van der Waals surface area contributed by atoms with Gasteiger partial charge < -0.3 is 20.3 Å². The third kappa shape index (κ3) is 3.85. The molecule has 19 heavy (non-hydrogen) atoms. The van der Waals surface area contributed by atoms with Gasteiger partial charge in [0.05, 0.1) is 12.3 Å². The highest BCUT2D eigenvalue weighted by Gasteiger charge is 2.14. The van der Waals surface area contributed by atoms with Crippen LogP contribution in [0.25, 0.3) is 0 Å². The van der Waals surface area contributed by atoms with Crippen LogP contribution < -0.4 is 20.3 Å². The van der Waals surface area contributed by atoms with E-state index in [-0.39, 0.29) is 0 Å². The number of rotatable bonds is 5. The van der Waals surface area contributed by atoms with E-state index in [0.29, 0.717) is 6.61 Å². The Morgan fingerprint density at radius 1 is 1.32 bits per heavy atom. The first-order chi connectivity index (χ1) is 9.35. The summed E-state index contributed by atoms with van der Waals surface area (Å²) in [6.45, 7) is 7.93. The molecule has 1 aliphatic rings. The summed E-state index contributed by atoms with van der Waals surface area (Å²) in [5.41, 5.74) is 2.49. The maximum absolute atomic E-state index is 5.83. The van der Waals surface area contributed by atoms with Crippen molar-refractivity contribution in [3.05, 3.63) is 23.8 Å². The zero-order valence-corrected chi connectivity index (χ0v) is 12.0. The Bertz CT molecular complexity index is 387. The van der Waals surface area contributed by atoms with Crippen molar-refractivity contribution in [3.63, 3.8) is 0 Å². The number of benzene rings is 1. The average molecular weight is 263 g/mol. The SMILES string of the molecule is CCOc1cc(CNC)ccc1N1CCCNCC1. The lowest BCUT2D eigenvalue weighted by molar-refractivity contribution is 0.340. The lowest BCUT2D eigenvalue weighted by atomic mass is 10.1. The fourth-order valence-electron chi connectivity index (χ4n) is 2.49. The minimum absolute atomic E-state index is 0.710. The van der Waals surface area contributed by atoms with Gasteiger partial charge in [-0.2, -0.15) is 0 Å². The molecule has 0 saturated carbocycles. The molecule has 0 aliphatic carbocycles. The van der Waals surface area contributed by atoms with Gasteiger partial charge in [-0.1, -0.05) is 6.07 Å². The number of nitrogens with zero attached hydrogens (tertiary/aromatic N) is 1. The Hall–Kier alpha value is -1.26. The summed E-state index contributed by atoms with van der Waals surface area (Å²) in [7, 11) is 1.97. The summed E-state index contributed by atoms with van der Waals surface area (Å²) in [6.07, 6.45) is 1.18. The second-order valence-electron chi connectivity index (χ2n) is 4.86. The van der Waals surface area contributed by atoms with E-state index < -0.39 is 0 Å². The van der Waals surface area contributed by atoms with Crippen LogP contribution in [-0.4, -0.2) is 39.8 Å². The van der Waals surface area contributed by atoms with Crippen LogP contribution in [0.2, 0.25) is 0 Å². The molecule has 0 bridgehead atoms. The lowest BCUT2D eigenvalue weighted by Gasteiger charge is -2.25. The second kappa shape index (κ2) is 7.36. The molecule has 4 heteroatoms. The molecule has 2 N–H and O–H groups in total. The molecular weight excluding hydrogens is 238 g/mol. The Morgan fingerprint density at radius 2 is 2.21 bits per heavy atom. The van der Waals surface area contributed by atoms with Gasteiger partial charge in [-0.25, -0.2) is 0 Å².